The van der Waals surface area contributed by atoms with Gasteiger partial charge in [-0.05, 0) is 18.2 Å². The number of nitro groups is 1. The first-order chi connectivity index (χ1) is 9.09. The first-order valence-electron chi connectivity index (χ1n) is 5.38. The molecule has 94 valence electrons. The Balaban J connectivity index is 2.64. The average molecular weight is 276 g/mol. The summed E-state index contributed by atoms with van der Waals surface area (Å²) in [5, 5.41) is 11.5. The predicted octanol–water partition coefficient (Wildman–Crippen LogP) is 3.51. The summed E-state index contributed by atoms with van der Waals surface area (Å²) in [4.78, 5) is 22.7. The fraction of sp³-hybridized carbons (Fsp3) is 0. The average Bonchev–Trinajstić information content (AvgIpc) is 2.38. The molecule has 1 heterocycles. The van der Waals surface area contributed by atoms with Gasteiger partial charge in [-0.2, -0.15) is 0 Å². The van der Waals surface area contributed by atoms with Crippen LogP contribution in [0.15, 0.2) is 45.6 Å². The number of non-ortho nitro benzene ring substituents is 1. The van der Waals surface area contributed by atoms with E-state index < -0.39 is 4.92 Å². The number of hydrogen-bond donors (Lipinski definition) is 0. The number of rotatable bonds is 1. The Bertz CT molecular complexity index is 885. The van der Waals surface area contributed by atoms with Gasteiger partial charge in [0, 0.05) is 6.07 Å². The molecular formula is C13H6ClNO4. The summed E-state index contributed by atoms with van der Waals surface area (Å²) < 4.78 is 5.47. The van der Waals surface area contributed by atoms with Crippen molar-refractivity contribution in [2.24, 2.45) is 0 Å². The van der Waals surface area contributed by atoms with Crippen molar-refractivity contribution in [3.05, 3.63) is 61.8 Å². The molecule has 5 nitrogen and oxygen atoms in total. The Hall–Kier alpha value is -2.40. The molecule has 2 aromatic carbocycles. The van der Waals surface area contributed by atoms with Crippen molar-refractivity contribution >= 4 is 39.2 Å². The van der Waals surface area contributed by atoms with Crippen LogP contribution in [0.25, 0.3) is 21.9 Å². The van der Waals surface area contributed by atoms with Gasteiger partial charge >= 0.3 is 5.69 Å². The molecule has 0 atom stereocenters. The second-order valence-corrected chi connectivity index (χ2v) is 4.36. The number of nitro benzene ring substituents is 1. The summed E-state index contributed by atoms with van der Waals surface area (Å²) in [6, 6.07) is 9.11. The van der Waals surface area contributed by atoms with Crippen LogP contribution in [-0.2, 0) is 0 Å². The van der Waals surface area contributed by atoms with E-state index in [1.165, 1.54) is 12.1 Å². The molecule has 3 aromatic rings. The number of halogens is 1. The van der Waals surface area contributed by atoms with Gasteiger partial charge in [-0.3, -0.25) is 14.9 Å². The molecule has 0 saturated carbocycles. The number of benzene rings is 2. The molecule has 0 saturated heterocycles. The van der Waals surface area contributed by atoms with Crippen LogP contribution in [0.2, 0.25) is 5.02 Å². The van der Waals surface area contributed by atoms with Gasteiger partial charge < -0.3 is 4.42 Å². The molecule has 0 radical (unpaired) electrons. The van der Waals surface area contributed by atoms with Gasteiger partial charge in [0.15, 0.2) is 0 Å². The smallest absolute Gasteiger partial charge is 0.312 e. The highest BCUT2D eigenvalue weighted by atomic mass is 35.5. The fourth-order valence-corrected chi connectivity index (χ4v) is 2.23. The molecule has 0 spiro atoms. The molecular weight excluding hydrogens is 270 g/mol. The lowest BCUT2D eigenvalue weighted by atomic mass is 10.1. The summed E-state index contributed by atoms with van der Waals surface area (Å²) in [6.45, 7) is 0. The minimum atomic E-state index is -0.601. The van der Waals surface area contributed by atoms with Crippen LogP contribution in [0, 0.1) is 10.1 Å². The van der Waals surface area contributed by atoms with E-state index in [0.29, 0.717) is 11.0 Å². The van der Waals surface area contributed by atoms with E-state index in [4.69, 9.17) is 16.0 Å². The van der Waals surface area contributed by atoms with Crippen molar-refractivity contribution < 1.29 is 9.34 Å². The molecule has 0 bridgehead atoms. The van der Waals surface area contributed by atoms with Gasteiger partial charge in [-0.1, -0.05) is 23.7 Å². The van der Waals surface area contributed by atoms with Crippen LogP contribution in [-0.4, -0.2) is 4.92 Å². The molecule has 6 heteroatoms. The molecule has 0 aliphatic carbocycles. The van der Waals surface area contributed by atoms with Gasteiger partial charge in [-0.25, -0.2) is 0 Å². The Morgan fingerprint density at radius 1 is 1.16 bits per heavy atom. The third-order valence-corrected chi connectivity index (χ3v) is 3.17. The van der Waals surface area contributed by atoms with Crippen molar-refractivity contribution in [2.45, 2.75) is 0 Å². The first-order valence-corrected chi connectivity index (χ1v) is 5.76. The number of para-hydroxylation sites is 1. The minimum absolute atomic E-state index is 0.0366. The SMILES string of the molecule is O=c1c2ccccc2oc2c([N+](=O)[O-])ccc(Cl)c12. The van der Waals surface area contributed by atoms with Crippen LogP contribution in [0.3, 0.4) is 0 Å². The van der Waals surface area contributed by atoms with Gasteiger partial charge in [0.05, 0.1) is 20.7 Å². The van der Waals surface area contributed by atoms with Gasteiger partial charge in [-0.15, -0.1) is 0 Å². The van der Waals surface area contributed by atoms with E-state index in [9.17, 15) is 14.9 Å². The van der Waals surface area contributed by atoms with Gasteiger partial charge in [0.1, 0.15) is 5.58 Å². The molecule has 19 heavy (non-hydrogen) atoms. The first kappa shape index (κ1) is 11.7. The van der Waals surface area contributed by atoms with E-state index in [2.05, 4.69) is 0 Å². The second-order valence-electron chi connectivity index (χ2n) is 3.96. The molecule has 3 rings (SSSR count). The highest BCUT2D eigenvalue weighted by molar-refractivity contribution is 6.35. The van der Waals surface area contributed by atoms with E-state index in [1.807, 2.05) is 0 Å². The topological polar surface area (TPSA) is 73.3 Å². The Morgan fingerprint density at radius 2 is 1.89 bits per heavy atom. The fourth-order valence-electron chi connectivity index (χ4n) is 1.99. The maximum Gasteiger partial charge on any atom is 0.312 e. The van der Waals surface area contributed by atoms with Crippen molar-refractivity contribution in [3.63, 3.8) is 0 Å². The molecule has 0 unspecified atom stereocenters. The van der Waals surface area contributed by atoms with Crippen molar-refractivity contribution in [1.29, 1.82) is 0 Å². The summed E-state index contributed by atoms with van der Waals surface area (Å²) in [6.07, 6.45) is 0. The molecule has 0 aliphatic heterocycles. The molecule has 1 aromatic heterocycles. The molecule has 0 aliphatic rings. The monoisotopic (exact) mass is 275 g/mol. The summed E-state index contributed by atoms with van der Waals surface area (Å²) in [5.74, 6) is 0. The van der Waals surface area contributed by atoms with Crippen molar-refractivity contribution in [2.75, 3.05) is 0 Å². The number of nitrogens with zero attached hydrogens (tertiary/aromatic N) is 1. The van der Waals surface area contributed by atoms with E-state index >= 15 is 0 Å². The lowest BCUT2D eigenvalue weighted by Crippen LogP contribution is -2.04. The third kappa shape index (κ3) is 1.67. The van der Waals surface area contributed by atoms with Crippen molar-refractivity contribution in [1.82, 2.24) is 0 Å². The standard InChI is InChI=1S/C13H6ClNO4/c14-8-5-6-9(15(17)18)13-11(8)12(16)7-3-1-2-4-10(7)19-13/h1-6H. The van der Waals surface area contributed by atoms with Crippen molar-refractivity contribution in [3.8, 4) is 0 Å². The zero-order chi connectivity index (χ0) is 13.6. The van der Waals surface area contributed by atoms with E-state index in [-0.39, 0.29) is 27.1 Å². The largest absolute Gasteiger partial charge is 0.448 e. The zero-order valence-corrected chi connectivity index (χ0v) is 10.2. The maximum atomic E-state index is 12.3. The molecule has 0 fully saturated rings. The number of hydrogen-bond acceptors (Lipinski definition) is 4. The summed E-state index contributed by atoms with van der Waals surface area (Å²) >= 11 is 5.96. The second kappa shape index (κ2) is 4.07. The van der Waals surface area contributed by atoms with Gasteiger partial charge in [0.2, 0.25) is 11.0 Å². The zero-order valence-electron chi connectivity index (χ0n) is 9.42. The van der Waals surface area contributed by atoms with Gasteiger partial charge in [0.25, 0.3) is 0 Å². The maximum absolute atomic E-state index is 12.3. The lowest BCUT2D eigenvalue weighted by molar-refractivity contribution is -0.383. The summed E-state index contributed by atoms with van der Waals surface area (Å²) in [5.41, 5.74) is -0.445. The molecule has 0 N–H and O–H groups in total. The van der Waals surface area contributed by atoms with E-state index in [1.54, 1.807) is 24.3 Å². The van der Waals surface area contributed by atoms with E-state index in [0.717, 1.165) is 0 Å². The minimum Gasteiger partial charge on any atom is -0.448 e. The number of fused-ring (bicyclic) bond motifs is 2. The third-order valence-electron chi connectivity index (χ3n) is 2.85. The summed E-state index contributed by atoms with van der Waals surface area (Å²) in [7, 11) is 0. The van der Waals surface area contributed by atoms with Crippen LogP contribution in [0.1, 0.15) is 0 Å². The Kier molecular flexibility index (Phi) is 2.50. The Labute approximate surface area is 111 Å². The van der Waals surface area contributed by atoms with Crippen LogP contribution < -0.4 is 5.43 Å². The molecule has 0 amide bonds. The highest BCUT2D eigenvalue weighted by Crippen LogP contribution is 2.31. The van der Waals surface area contributed by atoms with Crippen LogP contribution in [0.4, 0.5) is 5.69 Å². The van der Waals surface area contributed by atoms with Crippen LogP contribution in [0.5, 0.6) is 0 Å². The quantitative estimate of drug-likeness (QED) is 0.387. The lowest BCUT2D eigenvalue weighted by Gasteiger charge is -2.03. The Morgan fingerprint density at radius 3 is 2.63 bits per heavy atom. The van der Waals surface area contributed by atoms with Crippen LogP contribution >= 0.6 is 11.6 Å². The highest BCUT2D eigenvalue weighted by Gasteiger charge is 2.20. The normalized spacial score (nSPS) is 11.0. The predicted molar refractivity (Wildman–Crippen MR) is 71.7 cm³/mol.